The molecular weight excluding hydrogens is 250 g/mol. The second-order valence-electron chi connectivity index (χ2n) is 5.60. The van der Waals surface area contributed by atoms with E-state index in [0.29, 0.717) is 19.0 Å². The molecule has 0 bridgehead atoms. The monoisotopic (exact) mass is 277 g/mol. The molecule has 0 aromatic heterocycles. The molecule has 0 unspecified atom stereocenters. The number of carbonyl (C=O) groups is 1. The van der Waals surface area contributed by atoms with Gasteiger partial charge in [-0.05, 0) is 37.9 Å². The zero-order valence-electron chi connectivity index (χ0n) is 12.9. The first kappa shape index (κ1) is 16.5. The molecule has 112 valence electrons. The first-order valence-electron chi connectivity index (χ1n) is 7.31. The van der Waals surface area contributed by atoms with Crippen LogP contribution >= 0.6 is 0 Å². The Bertz CT molecular complexity index is 401. The lowest BCUT2D eigenvalue weighted by Gasteiger charge is -2.24. The van der Waals surface area contributed by atoms with Gasteiger partial charge in [0.2, 0.25) is 5.91 Å². The van der Waals surface area contributed by atoms with Crippen LogP contribution in [-0.4, -0.2) is 32.1 Å². The molecular formula is C16H27N3O. The molecule has 0 aliphatic carbocycles. The minimum Gasteiger partial charge on any atom is -0.362 e. The Kier molecular flexibility index (Phi) is 7.09. The maximum absolute atomic E-state index is 12.0. The minimum absolute atomic E-state index is 0.0660. The van der Waals surface area contributed by atoms with Gasteiger partial charge >= 0.3 is 0 Å². The maximum Gasteiger partial charge on any atom is 0.239 e. The molecule has 0 saturated heterocycles. The van der Waals surface area contributed by atoms with Crippen molar-refractivity contribution in [2.75, 3.05) is 31.1 Å². The highest BCUT2D eigenvalue weighted by Gasteiger charge is 2.11. The van der Waals surface area contributed by atoms with Gasteiger partial charge in [-0.1, -0.05) is 31.5 Å². The van der Waals surface area contributed by atoms with Crippen LogP contribution in [0.5, 0.6) is 0 Å². The lowest BCUT2D eigenvalue weighted by Crippen LogP contribution is -2.39. The van der Waals surface area contributed by atoms with Crippen LogP contribution in [0.15, 0.2) is 24.3 Å². The zero-order chi connectivity index (χ0) is 15.0. The van der Waals surface area contributed by atoms with E-state index in [4.69, 9.17) is 5.73 Å². The molecule has 1 amide bonds. The number of nitrogens with one attached hydrogen (secondary N) is 1. The summed E-state index contributed by atoms with van der Waals surface area (Å²) in [4.78, 5) is 14.1. The summed E-state index contributed by atoms with van der Waals surface area (Å²) in [7, 11) is 0. The summed E-state index contributed by atoms with van der Waals surface area (Å²) in [5, 5.41) is 2.96. The molecule has 0 aliphatic rings. The highest BCUT2D eigenvalue weighted by atomic mass is 16.2. The molecule has 0 fully saturated rings. The van der Waals surface area contributed by atoms with Crippen LogP contribution < -0.4 is 16.0 Å². The largest absolute Gasteiger partial charge is 0.362 e. The van der Waals surface area contributed by atoms with E-state index in [1.54, 1.807) is 0 Å². The van der Waals surface area contributed by atoms with Crippen LogP contribution in [0.4, 0.5) is 5.69 Å². The van der Waals surface area contributed by atoms with E-state index in [2.05, 4.69) is 55.3 Å². The van der Waals surface area contributed by atoms with E-state index in [-0.39, 0.29) is 5.91 Å². The normalized spacial score (nSPS) is 10.7. The lowest BCUT2D eigenvalue weighted by molar-refractivity contribution is -0.119. The van der Waals surface area contributed by atoms with Gasteiger partial charge < -0.3 is 16.0 Å². The van der Waals surface area contributed by atoms with Crippen LogP contribution in [0.2, 0.25) is 0 Å². The maximum atomic E-state index is 12.0. The van der Waals surface area contributed by atoms with Gasteiger partial charge in [0.05, 0.1) is 6.54 Å². The Morgan fingerprint density at radius 1 is 1.30 bits per heavy atom. The number of carbonyl (C=O) groups excluding carboxylic acids is 1. The quantitative estimate of drug-likeness (QED) is 0.763. The van der Waals surface area contributed by atoms with E-state index in [1.807, 2.05) is 0 Å². The highest BCUT2D eigenvalue weighted by Crippen LogP contribution is 2.15. The number of nitrogens with zero attached hydrogens (tertiary/aromatic N) is 1. The first-order chi connectivity index (χ1) is 9.52. The van der Waals surface area contributed by atoms with Crippen LogP contribution in [0.1, 0.15) is 25.8 Å². The van der Waals surface area contributed by atoms with Crippen molar-refractivity contribution in [3.8, 4) is 0 Å². The Balaban J connectivity index is 2.64. The Labute approximate surface area is 122 Å². The van der Waals surface area contributed by atoms with Crippen LogP contribution in [0.3, 0.4) is 0 Å². The van der Waals surface area contributed by atoms with E-state index < -0.39 is 0 Å². The Morgan fingerprint density at radius 2 is 1.95 bits per heavy atom. The standard InChI is InChI=1S/C16H27N3O/c1-13(2)11-18-16(20)12-19(10-4-9-17)15-7-5-14(3)6-8-15/h5-8,13H,4,9-12,17H2,1-3H3,(H,18,20). The molecule has 1 rings (SSSR count). The van der Waals surface area contributed by atoms with Crippen molar-refractivity contribution in [1.82, 2.24) is 5.32 Å². The number of amides is 1. The van der Waals surface area contributed by atoms with Crippen LogP contribution in [0.25, 0.3) is 0 Å². The van der Waals surface area contributed by atoms with Crippen molar-refractivity contribution in [1.29, 1.82) is 0 Å². The van der Waals surface area contributed by atoms with Crippen molar-refractivity contribution < 1.29 is 4.79 Å². The van der Waals surface area contributed by atoms with Crippen LogP contribution in [-0.2, 0) is 4.79 Å². The zero-order valence-corrected chi connectivity index (χ0v) is 12.9. The summed E-state index contributed by atoms with van der Waals surface area (Å²) in [6.45, 7) is 8.78. The summed E-state index contributed by atoms with van der Waals surface area (Å²) in [5.74, 6) is 0.534. The summed E-state index contributed by atoms with van der Waals surface area (Å²) in [6, 6.07) is 8.25. The predicted molar refractivity (Wildman–Crippen MR) is 84.9 cm³/mol. The molecule has 0 saturated carbocycles. The molecule has 1 aromatic rings. The highest BCUT2D eigenvalue weighted by molar-refractivity contribution is 5.81. The number of hydrogen-bond acceptors (Lipinski definition) is 3. The molecule has 4 nitrogen and oxygen atoms in total. The van der Waals surface area contributed by atoms with Crippen molar-refractivity contribution in [2.24, 2.45) is 11.7 Å². The summed E-state index contributed by atoms with van der Waals surface area (Å²) < 4.78 is 0. The predicted octanol–water partition coefficient (Wildman–Crippen LogP) is 1.92. The van der Waals surface area contributed by atoms with Crippen molar-refractivity contribution in [3.05, 3.63) is 29.8 Å². The van der Waals surface area contributed by atoms with Gasteiger partial charge in [-0.2, -0.15) is 0 Å². The number of nitrogens with two attached hydrogens (primary N) is 1. The second kappa shape index (κ2) is 8.59. The summed E-state index contributed by atoms with van der Waals surface area (Å²) >= 11 is 0. The Hall–Kier alpha value is -1.55. The van der Waals surface area contributed by atoms with E-state index in [9.17, 15) is 4.79 Å². The minimum atomic E-state index is 0.0660. The third-order valence-electron chi connectivity index (χ3n) is 3.07. The third-order valence-corrected chi connectivity index (χ3v) is 3.07. The number of aryl methyl sites for hydroxylation is 1. The topological polar surface area (TPSA) is 58.4 Å². The lowest BCUT2D eigenvalue weighted by atomic mass is 10.2. The third kappa shape index (κ3) is 6.06. The van der Waals surface area contributed by atoms with Gasteiger partial charge in [0.25, 0.3) is 0 Å². The van der Waals surface area contributed by atoms with E-state index in [0.717, 1.165) is 25.2 Å². The molecule has 20 heavy (non-hydrogen) atoms. The summed E-state index contributed by atoms with van der Waals surface area (Å²) in [5.41, 5.74) is 7.87. The average molecular weight is 277 g/mol. The number of benzene rings is 1. The molecule has 0 atom stereocenters. The van der Waals surface area contributed by atoms with Gasteiger partial charge in [0.15, 0.2) is 0 Å². The SMILES string of the molecule is Cc1ccc(N(CCCN)CC(=O)NCC(C)C)cc1. The van der Waals surface area contributed by atoms with E-state index in [1.165, 1.54) is 5.56 Å². The fraction of sp³-hybridized carbons (Fsp3) is 0.562. The molecule has 0 heterocycles. The van der Waals surface area contributed by atoms with E-state index >= 15 is 0 Å². The second-order valence-corrected chi connectivity index (χ2v) is 5.60. The first-order valence-corrected chi connectivity index (χ1v) is 7.31. The number of anilines is 1. The fourth-order valence-corrected chi connectivity index (χ4v) is 1.88. The molecule has 3 N–H and O–H groups in total. The Morgan fingerprint density at radius 3 is 2.50 bits per heavy atom. The molecule has 0 spiro atoms. The van der Waals surface area contributed by atoms with Crippen molar-refractivity contribution in [2.45, 2.75) is 27.2 Å². The van der Waals surface area contributed by atoms with Gasteiger partial charge in [-0.3, -0.25) is 4.79 Å². The van der Waals surface area contributed by atoms with Crippen molar-refractivity contribution >= 4 is 11.6 Å². The number of hydrogen-bond donors (Lipinski definition) is 2. The van der Waals surface area contributed by atoms with Gasteiger partial charge in [-0.25, -0.2) is 0 Å². The molecule has 4 heteroatoms. The average Bonchev–Trinajstić information content (AvgIpc) is 2.42. The van der Waals surface area contributed by atoms with Crippen molar-refractivity contribution in [3.63, 3.8) is 0 Å². The van der Waals surface area contributed by atoms with Gasteiger partial charge in [0.1, 0.15) is 0 Å². The summed E-state index contributed by atoms with van der Waals surface area (Å²) in [6.07, 6.45) is 0.880. The number of rotatable bonds is 8. The van der Waals surface area contributed by atoms with Gasteiger partial charge in [0, 0.05) is 18.8 Å². The molecule has 0 aliphatic heterocycles. The molecule has 1 aromatic carbocycles. The van der Waals surface area contributed by atoms with Gasteiger partial charge in [-0.15, -0.1) is 0 Å². The smallest absolute Gasteiger partial charge is 0.239 e. The van der Waals surface area contributed by atoms with Crippen LogP contribution in [0, 0.1) is 12.8 Å². The molecule has 0 radical (unpaired) electrons. The fourth-order valence-electron chi connectivity index (χ4n) is 1.88.